The Morgan fingerprint density at radius 1 is 1.38 bits per heavy atom. The molecule has 0 atom stereocenters. The summed E-state index contributed by atoms with van der Waals surface area (Å²) in [6.07, 6.45) is 2.95. The van der Waals surface area contributed by atoms with E-state index in [1.54, 1.807) is 6.08 Å². The largest absolute Gasteiger partial charge is 0.491 e. The first kappa shape index (κ1) is 16.4. The summed E-state index contributed by atoms with van der Waals surface area (Å²) in [6, 6.07) is 1.25. The molecule has 1 saturated heterocycles. The van der Waals surface area contributed by atoms with Crippen molar-refractivity contribution in [3.63, 3.8) is 0 Å². The first-order chi connectivity index (χ1) is 9.66. The van der Waals surface area contributed by atoms with Crippen LogP contribution in [-0.4, -0.2) is 29.8 Å². The standard InChI is InChI=1S/C14H19BClFN2O2/c1-13(2)14(3,4)21-15(20-13)10(7-18)5-9-6-12(17)19-8-11(9)16/h5-6,8H,7,18H2,1-4H3. The molecule has 1 aromatic rings. The van der Waals surface area contributed by atoms with Crippen LogP contribution in [0.4, 0.5) is 4.39 Å². The van der Waals surface area contributed by atoms with E-state index in [0.717, 1.165) is 0 Å². The second-order valence-electron chi connectivity index (χ2n) is 6.04. The maximum absolute atomic E-state index is 13.2. The Bertz CT molecular complexity index is 562. The van der Waals surface area contributed by atoms with Gasteiger partial charge in [0.2, 0.25) is 5.95 Å². The van der Waals surface area contributed by atoms with E-state index < -0.39 is 24.3 Å². The van der Waals surface area contributed by atoms with E-state index >= 15 is 0 Å². The Balaban J connectivity index is 2.33. The molecule has 114 valence electrons. The summed E-state index contributed by atoms with van der Waals surface area (Å²) in [6.45, 7) is 8.05. The van der Waals surface area contributed by atoms with Crippen LogP contribution in [-0.2, 0) is 9.31 Å². The van der Waals surface area contributed by atoms with Crippen LogP contribution in [0.15, 0.2) is 17.7 Å². The van der Waals surface area contributed by atoms with Crippen molar-refractivity contribution in [2.24, 2.45) is 5.73 Å². The zero-order chi connectivity index (χ0) is 15.8. The monoisotopic (exact) mass is 312 g/mol. The molecule has 2 heterocycles. The van der Waals surface area contributed by atoms with Gasteiger partial charge in [-0.15, -0.1) is 0 Å². The fraction of sp³-hybridized carbons (Fsp3) is 0.500. The summed E-state index contributed by atoms with van der Waals surface area (Å²) in [5, 5.41) is 0.346. The van der Waals surface area contributed by atoms with Crippen LogP contribution < -0.4 is 5.73 Å². The highest BCUT2D eigenvalue weighted by molar-refractivity contribution is 6.56. The molecule has 2 rings (SSSR count). The molecule has 0 amide bonds. The predicted octanol–water partition coefficient (Wildman–Crippen LogP) is 2.85. The van der Waals surface area contributed by atoms with Gasteiger partial charge >= 0.3 is 7.12 Å². The van der Waals surface area contributed by atoms with E-state index in [9.17, 15) is 4.39 Å². The summed E-state index contributed by atoms with van der Waals surface area (Å²) < 4.78 is 25.1. The minimum Gasteiger partial charge on any atom is -0.400 e. The van der Waals surface area contributed by atoms with Crippen molar-refractivity contribution >= 4 is 24.8 Å². The lowest BCUT2D eigenvalue weighted by Crippen LogP contribution is -2.41. The zero-order valence-electron chi connectivity index (χ0n) is 12.6. The van der Waals surface area contributed by atoms with Crippen LogP contribution in [0.5, 0.6) is 0 Å². The molecule has 0 radical (unpaired) electrons. The van der Waals surface area contributed by atoms with Gasteiger partial charge in [-0.2, -0.15) is 4.39 Å². The van der Waals surface area contributed by atoms with E-state index in [2.05, 4.69) is 4.98 Å². The molecule has 0 saturated carbocycles. The minimum atomic E-state index is -0.601. The van der Waals surface area contributed by atoms with Gasteiger partial charge in [0.05, 0.1) is 16.2 Å². The van der Waals surface area contributed by atoms with E-state index in [4.69, 9.17) is 26.6 Å². The number of nitrogens with zero attached hydrogens (tertiary/aromatic N) is 1. The van der Waals surface area contributed by atoms with Gasteiger partial charge in [-0.3, -0.25) is 0 Å². The molecule has 21 heavy (non-hydrogen) atoms. The molecule has 7 heteroatoms. The number of aromatic nitrogens is 1. The third-order valence-corrected chi connectivity index (χ3v) is 4.30. The van der Waals surface area contributed by atoms with Crippen LogP contribution in [0.2, 0.25) is 5.02 Å². The SMILES string of the molecule is CC1(C)OB(C(=Cc2cc(F)ncc2Cl)CN)OC1(C)C. The highest BCUT2D eigenvalue weighted by Crippen LogP contribution is 2.38. The smallest absolute Gasteiger partial charge is 0.400 e. The third-order valence-electron chi connectivity index (χ3n) is 3.98. The van der Waals surface area contributed by atoms with Gasteiger partial charge in [0.25, 0.3) is 0 Å². The fourth-order valence-electron chi connectivity index (χ4n) is 1.96. The van der Waals surface area contributed by atoms with Crippen LogP contribution in [0.3, 0.4) is 0 Å². The van der Waals surface area contributed by atoms with Crippen molar-refractivity contribution in [2.75, 3.05) is 6.54 Å². The Labute approximate surface area is 129 Å². The Kier molecular flexibility index (Phi) is 4.45. The van der Waals surface area contributed by atoms with E-state index in [0.29, 0.717) is 16.1 Å². The van der Waals surface area contributed by atoms with E-state index in [-0.39, 0.29) is 6.54 Å². The van der Waals surface area contributed by atoms with Gasteiger partial charge in [0, 0.05) is 18.8 Å². The molecule has 1 aliphatic rings. The van der Waals surface area contributed by atoms with Crippen LogP contribution in [0.1, 0.15) is 33.3 Å². The Morgan fingerprint density at radius 2 is 1.95 bits per heavy atom. The van der Waals surface area contributed by atoms with Crippen molar-refractivity contribution in [2.45, 2.75) is 38.9 Å². The molecule has 4 nitrogen and oxygen atoms in total. The lowest BCUT2D eigenvalue weighted by atomic mass is 9.77. The number of hydrogen-bond acceptors (Lipinski definition) is 4. The predicted molar refractivity (Wildman–Crippen MR) is 82.3 cm³/mol. The quantitative estimate of drug-likeness (QED) is 0.689. The van der Waals surface area contributed by atoms with Gasteiger partial charge < -0.3 is 15.0 Å². The maximum Gasteiger partial charge on any atom is 0.491 e. The van der Waals surface area contributed by atoms with Crippen molar-refractivity contribution < 1.29 is 13.7 Å². The summed E-state index contributed by atoms with van der Waals surface area (Å²) in [5.74, 6) is -0.601. The molecule has 1 aliphatic heterocycles. The molecule has 0 unspecified atom stereocenters. The normalized spacial score (nSPS) is 20.9. The molecule has 1 fully saturated rings. The first-order valence-corrected chi connectivity index (χ1v) is 7.11. The number of hydrogen-bond donors (Lipinski definition) is 1. The van der Waals surface area contributed by atoms with Crippen LogP contribution in [0, 0.1) is 5.95 Å². The average Bonchev–Trinajstić information content (AvgIpc) is 2.59. The zero-order valence-corrected chi connectivity index (χ0v) is 13.4. The molecule has 0 aliphatic carbocycles. The number of nitrogens with two attached hydrogens (primary N) is 1. The van der Waals surface area contributed by atoms with Gasteiger partial charge in [0.15, 0.2) is 0 Å². The number of rotatable bonds is 3. The Hall–Kier alpha value is -0.945. The minimum absolute atomic E-state index is 0.219. The van der Waals surface area contributed by atoms with Crippen molar-refractivity contribution in [1.82, 2.24) is 4.98 Å². The molecule has 1 aromatic heterocycles. The number of halogens is 2. The van der Waals surface area contributed by atoms with Gasteiger partial charge in [-0.1, -0.05) is 17.7 Å². The average molecular weight is 313 g/mol. The lowest BCUT2D eigenvalue weighted by molar-refractivity contribution is 0.00578. The second kappa shape index (κ2) is 5.68. The molecule has 0 bridgehead atoms. The van der Waals surface area contributed by atoms with Crippen LogP contribution >= 0.6 is 11.6 Å². The number of pyridine rings is 1. The van der Waals surface area contributed by atoms with E-state index in [1.807, 2.05) is 27.7 Å². The highest BCUT2D eigenvalue weighted by Gasteiger charge is 2.52. The van der Waals surface area contributed by atoms with Crippen LogP contribution in [0.25, 0.3) is 6.08 Å². The third kappa shape index (κ3) is 3.29. The van der Waals surface area contributed by atoms with E-state index in [1.165, 1.54) is 12.3 Å². The molecule has 0 aromatic carbocycles. The van der Waals surface area contributed by atoms with Crippen molar-refractivity contribution in [3.05, 3.63) is 34.3 Å². The summed E-state index contributed by atoms with van der Waals surface area (Å²) in [7, 11) is -0.577. The fourth-order valence-corrected chi connectivity index (χ4v) is 2.11. The second-order valence-corrected chi connectivity index (χ2v) is 6.45. The first-order valence-electron chi connectivity index (χ1n) is 6.73. The molecular formula is C14H19BClFN2O2. The summed E-state index contributed by atoms with van der Waals surface area (Å²) in [4.78, 5) is 3.49. The topological polar surface area (TPSA) is 57.4 Å². The lowest BCUT2D eigenvalue weighted by Gasteiger charge is -2.32. The molecular weight excluding hydrogens is 293 g/mol. The molecule has 0 spiro atoms. The maximum atomic E-state index is 13.2. The van der Waals surface area contributed by atoms with Gasteiger partial charge in [0.1, 0.15) is 0 Å². The Morgan fingerprint density at radius 3 is 2.48 bits per heavy atom. The van der Waals surface area contributed by atoms with Crippen molar-refractivity contribution in [3.8, 4) is 0 Å². The summed E-state index contributed by atoms with van der Waals surface area (Å²) >= 11 is 6.02. The molecule has 2 N–H and O–H groups in total. The highest BCUT2D eigenvalue weighted by atomic mass is 35.5. The van der Waals surface area contributed by atoms with Gasteiger partial charge in [-0.05, 0) is 38.7 Å². The van der Waals surface area contributed by atoms with Gasteiger partial charge in [-0.25, -0.2) is 4.98 Å². The summed E-state index contributed by atoms with van der Waals surface area (Å²) in [5.41, 5.74) is 6.06. The van der Waals surface area contributed by atoms with Crippen molar-refractivity contribution in [1.29, 1.82) is 0 Å².